The van der Waals surface area contributed by atoms with E-state index in [0.717, 1.165) is 16.8 Å². The number of pyridine rings is 1. The summed E-state index contributed by atoms with van der Waals surface area (Å²) in [6, 6.07) is 3.82. The molecule has 4 heteroatoms. The van der Waals surface area contributed by atoms with E-state index in [1.165, 1.54) is 0 Å². The molecule has 62 valence electrons. The highest BCUT2D eigenvalue weighted by Gasteiger charge is 2.02. The second-order valence-corrected chi connectivity index (χ2v) is 2.76. The first-order valence-corrected chi connectivity index (χ1v) is 3.98. The third-order valence-electron chi connectivity index (χ3n) is 1.97. The van der Waals surface area contributed by atoms with Gasteiger partial charge in [-0.15, -0.1) is 0 Å². The SMILES string of the molecule is c1cnc2c(c1)nc1cnccn12. The summed E-state index contributed by atoms with van der Waals surface area (Å²) >= 11 is 0. The normalized spacial score (nSPS) is 11.1. The monoisotopic (exact) mass is 170 g/mol. The van der Waals surface area contributed by atoms with Crippen LogP contribution in [-0.4, -0.2) is 19.4 Å². The van der Waals surface area contributed by atoms with E-state index in [-0.39, 0.29) is 0 Å². The first kappa shape index (κ1) is 6.54. The fourth-order valence-corrected chi connectivity index (χ4v) is 1.40. The van der Waals surface area contributed by atoms with E-state index in [4.69, 9.17) is 0 Å². The molecule has 0 unspecified atom stereocenters. The van der Waals surface area contributed by atoms with Crippen LogP contribution in [0.1, 0.15) is 0 Å². The molecule has 0 aromatic carbocycles. The largest absolute Gasteiger partial charge is 0.281 e. The Morgan fingerprint density at radius 2 is 2.23 bits per heavy atom. The number of imidazole rings is 1. The summed E-state index contributed by atoms with van der Waals surface area (Å²) in [4.78, 5) is 12.6. The molecule has 0 aliphatic heterocycles. The molecule has 0 radical (unpaired) electrons. The Labute approximate surface area is 73.9 Å². The molecule has 0 amide bonds. The summed E-state index contributed by atoms with van der Waals surface area (Å²) in [6.45, 7) is 0. The molecule has 0 fully saturated rings. The average Bonchev–Trinajstić information content (AvgIpc) is 2.56. The molecule has 0 saturated carbocycles. The maximum Gasteiger partial charge on any atom is 0.164 e. The lowest BCUT2D eigenvalue weighted by Crippen LogP contribution is -1.85. The van der Waals surface area contributed by atoms with E-state index in [0.29, 0.717) is 0 Å². The van der Waals surface area contributed by atoms with Gasteiger partial charge in [0, 0.05) is 18.6 Å². The number of fused-ring (bicyclic) bond motifs is 3. The van der Waals surface area contributed by atoms with E-state index in [1.807, 2.05) is 22.7 Å². The van der Waals surface area contributed by atoms with Crippen LogP contribution in [0.5, 0.6) is 0 Å². The molecule has 0 aliphatic rings. The third kappa shape index (κ3) is 0.823. The fraction of sp³-hybridized carbons (Fsp3) is 0. The third-order valence-corrected chi connectivity index (χ3v) is 1.97. The Kier molecular flexibility index (Phi) is 1.14. The Balaban J connectivity index is 2.64. The van der Waals surface area contributed by atoms with Crippen LogP contribution >= 0.6 is 0 Å². The van der Waals surface area contributed by atoms with Gasteiger partial charge in [-0.05, 0) is 12.1 Å². The maximum absolute atomic E-state index is 4.35. The van der Waals surface area contributed by atoms with Crippen LogP contribution < -0.4 is 0 Å². The molecule has 3 rings (SSSR count). The second kappa shape index (κ2) is 2.26. The highest BCUT2D eigenvalue weighted by atomic mass is 15.1. The lowest BCUT2D eigenvalue weighted by atomic mass is 10.4. The molecular formula is C9H6N4. The van der Waals surface area contributed by atoms with Gasteiger partial charge in [-0.2, -0.15) is 0 Å². The molecule has 0 aliphatic carbocycles. The van der Waals surface area contributed by atoms with Crippen LogP contribution in [0.4, 0.5) is 0 Å². The van der Waals surface area contributed by atoms with Crippen LogP contribution in [-0.2, 0) is 0 Å². The zero-order chi connectivity index (χ0) is 8.67. The smallest absolute Gasteiger partial charge is 0.164 e. The van der Waals surface area contributed by atoms with Crippen molar-refractivity contribution in [3.05, 3.63) is 36.9 Å². The van der Waals surface area contributed by atoms with Gasteiger partial charge in [-0.1, -0.05) is 0 Å². The molecule has 0 atom stereocenters. The van der Waals surface area contributed by atoms with Crippen molar-refractivity contribution in [3.8, 4) is 0 Å². The molecular weight excluding hydrogens is 164 g/mol. The molecule has 3 heterocycles. The summed E-state index contributed by atoms with van der Waals surface area (Å²) in [6.07, 6.45) is 7.07. The van der Waals surface area contributed by atoms with Crippen LogP contribution in [0, 0.1) is 0 Å². The molecule has 0 saturated heterocycles. The number of rotatable bonds is 0. The Morgan fingerprint density at radius 1 is 1.23 bits per heavy atom. The molecule has 0 N–H and O–H groups in total. The number of hydrogen-bond acceptors (Lipinski definition) is 3. The van der Waals surface area contributed by atoms with Crippen molar-refractivity contribution in [3.63, 3.8) is 0 Å². The quantitative estimate of drug-likeness (QED) is 0.510. The minimum absolute atomic E-state index is 0.830. The second-order valence-electron chi connectivity index (χ2n) is 2.76. The molecule has 0 spiro atoms. The molecule has 3 aromatic rings. The van der Waals surface area contributed by atoms with Gasteiger partial charge in [0.15, 0.2) is 11.3 Å². The summed E-state index contributed by atoms with van der Waals surface area (Å²) in [5, 5.41) is 0. The lowest BCUT2D eigenvalue weighted by Gasteiger charge is -1.90. The molecule has 0 bridgehead atoms. The predicted octanol–water partition coefficient (Wildman–Crippen LogP) is 1.28. The minimum Gasteiger partial charge on any atom is -0.281 e. The van der Waals surface area contributed by atoms with Gasteiger partial charge < -0.3 is 0 Å². The van der Waals surface area contributed by atoms with E-state index in [1.54, 1.807) is 18.6 Å². The van der Waals surface area contributed by atoms with Gasteiger partial charge in [0.1, 0.15) is 5.52 Å². The highest BCUT2D eigenvalue weighted by Crippen LogP contribution is 2.11. The summed E-state index contributed by atoms with van der Waals surface area (Å²) in [5.74, 6) is 0. The van der Waals surface area contributed by atoms with Gasteiger partial charge >= 0.3 is 0 Å². The van der Waals surface area contributed by atoms with Gasteiger partial charge in [0.25, 0.3) is 0 Å². The van der Waals surface area contributed by atoms with Crippen molar-refractivity contribution in [2.75, 3.05) is 0 Å². The standard InChI is InChI=1S/C9H6N4/c1-2-7-9(11-3-1)13-5-4-10-6-8(13)12-7/h1-6H. The minimum atomic E-state index is 0.830. The van der Waals surface area contributed by atoms with Crippen molar-refractivity contribution < 1.29 is 0 Å². The van der Waals surface area contributed by atoms with Crippen molar-refractivity contribution in [1.29, 1.82) is 0 Å². The Hall–Kier alpha value is -1.97. The van der Waals surface area contributed by atoms with E-state index >= 15 is 0 Å². The topological polar surface area (TPSA) is 43.1 Å². The summed E-state index contributed by atoms with van der Waals surface area (Å²) in [5.41, 5.74) is 2.60. The fourth-order valence-electron chi connectivity index (χ4n) is 1.40. The first-order chi connectivity index (χ1) is 6.45. The van der Waals surface area contributed by atoms with E-state index in [9.17, 15) is 0 Å². The highest BCUT2D eigenvalue weighted by molar-refractivity contribution is 5.75. The van der Waals surface area contributed by atoms with Crippen LogP contribution in [0.25, 0.3) is 16.8 Å². The van der Waals surface area contributed by atoms with Crippen LogP contribution in [0.15, 0.2) is 36.9 Å². The molecule has 3 aromatic heterocycles. The Bertz CT molecular complexity index is 519. The number of hydrogen-bond donors (Lipinski definition) is 0. The predicted molar refractivity (Wildman–Crippen MR) is 48.3 cm³/mol. The lowest BCUT2D eigenvalue weighted by molar-refractivity contribution is 1.13. The Morgan fingerprint density at radius 3 is 3.23 bits per heavy atom. The number of nitrogens with zero attached hydrogens (tertiary/aromatic N) is 4. The first-order valence-electron chi connectivity index (χ1n) is 3.98. The van der Waals surface area contributed by atoms with Gasteiger partial charge in [0.2, 0.25) is 0 Å². The van der Waals surface area contributed by atoms with Crippen molar-refractivity contribution in [2.24, 2.45) is 0 Å². The number of aromatic nitrogens is 4. The van der Waals surface area contributed by atoms with Crippen LogP contribution in [0.3, 0.4) is 0 Å². The molecule has 13 heavy (non-hydrogen) atoms. The van der Waals surface area contributed by atoms with E-state index < -0.39 is 0 Å². The van der Waals surface area contributed by atoms with Crippen molar-refractivity contribution >= 4 is 16.8 Å². The molecule has 4 nitrogen and oxygen atoms in total. The van der Waals surface area contributed by atoms with Gasteiger partial charge in [0.05, 0.1) is 6.20 Å². The summed E-state index contributed by atoms with van der Waals surface area (Å²) in [7, 11) is 0. The van der Waals surface area contributed by atoms with Crippen molar-refractivity contribution in [1.82, 2.24) is 19.4 Å². The van der Waals surface area contributed by atoms with Gasteiger partial charge in [-0.3, -0.25) is 9.38 Å². The summed E-state index contributed by atoms with van der Waals surface area (Å²) < 4.78 is 1.92. The van der Waals surface area contributed by atoms with Crippen LogP contribution in [0.2, 0.25) is 0 Å². The van der Waals surface area contributed by atoms with Crippen molar-refractivity contribution in [2.45, 2.75) is 0 Å². The zero-order valence-electron chi connectivity index (χ0n) is 6.75. The average molecular weight is 170 g/mol. The van der Waals surface area contributed by atoms with E-state index in [2.05, 4.69) is 15.0 Å². The zero-order valence-corrected chi connectivity index (χ0v) is 6.75. The maximum atomic E-state index is 4.35. The van der Waals surface area contributed by atoms with Gasteiger partial charge in [-0.25, -0.2) is 9.97 Å².